The predicted octanol–water partition coefficient (Wildman–Crippen LogP) is 1.41. The number of hydrogen-bond donors (Lipinski definition) is 0. The van der Waals surface area contributed by atoms with Gasteiger partial charge < -0.3 is 28.4 Å². The van der Waals surface area contributed by atoms with Crippen molar-refractivity contribution in [3.8, 4) is 11.6 Å². The monoisotopic (exact) mass is 315 g/mol. The van der Waals surface area contributed by atoms with Crippen molar-refractivity contribution in [2.75, 3.05) is 40.6 Å². The van der Waals surface area contributed by atoms with Gasteiger partial charge in [-0.3, -0.25) is 0 Å². The molecule has 0 saturated heterocycles. The molecule has 1 rings (SSSR count). The van der Waals surface area contributed by atoms with Crippen molar-refractivity contribution >= 4 is 12.3 Å². The van der Waals surface area contributed by atoms with E-state index in [0.29, 0.717) is 0 Å². The fraction of sp³-hybridized carbons (Fsp3) is 0.462. The van der Waals surface area contributed by atoms with Crippen LogP contribution in [0.4, 0.5) is 9.59 Å². The molecular weight excluding hydrogens is 298 g/mol. The van der Waals surface area contributed by atoms with Crippen LogP contribution in [0.25, 0.3) is 0 Å². The highest BCUT2D eigenvalue weighted by molar-refractivity contribution is 5.64. The summed E-state index contributed by atoms with van der Waals surface area (Å²) in [6.45, 7) is 0.687. The summed E-state index contributed by atoms with van der Waals surface area (Å²) < 4.78 is 28.4. The zero-order chi connectivity index (χ0) is 16.2. The molecule has 0 saturated carbocycles. The first-order valence-electron chi connectivity index (χ1n) is 6.29. The number of pyridine rings is 1. The SMILES string of the molecule is COCCOC(=O)Oc1ccc(OC(=O)OCCOC)nc1. The van der Waals surface area contributed by atoms with E-state index in [2.05, 4.69) is 4.98 Å². The van der Waals surface area contributed by atoms with Crippen LogP contribution in [0.2, 0.25) is 0 Å². The maximum Gasteiger partial charge on any atom is 0.515 e. The van der Waals surface area contributed by atoms with Crippen LogP contribution in [-0.4, -0.2) is 57.9 Å². The van der Waals surface area contributed by atoms with E-state index in [-0.39, 0.29) is 38.1 Å². The Morgan fingerprint density at radius 1 is 0.909 bits per heavy atom. The number of carbonyl (C=O) groups is 2. The third-order valence-electron chi connectivity index (χ3n) is 2.11. The lowest BCUT2D eigenvalue weighted by Gasteiger charge is -2.06. The number of ether oxygens (including phenoxy) is 6. The summed E-state index contributed by atoms with van der Waals surface area (Å²) in [6, 6.07) is 2.73. The maximum atomic E-state index is 11.3. The van der Waals surface area contributed by atoms with Crippen molar-refractivity contribution in [3.63, 3.8) is 0 Å². The second-order valence-electron chi connectivity index (χ2n) is 3.72. The third kappa shape index (κ3) is 7.41. The van der Waals surface area contributed by atoms with Gasteiger partial charge in [-0.05, 0) is 6.07 Å². The summed E-state index contributed by atoms with van der Waals surface area (Å²) in [7, 11) is 2.97. The van der Waals surface area contributed by atoms with E-state index in [1.165, 1.54) is 32.5 Å². The minimum atomic E-state index is -0.905. The summed E-state index contributed by atoms with van der Waals surface area (Å²) in [5.41, 5.74) is 0. The van der Waals surface area contributed by atoms with Gasteiger partial charge in [0.2, 0.25) is 5.88 Å². The van der Waals surface area contributed by atoms with Gasteiger partial charge in [0.1, 0.15) is 13.2 Å². The Morgan fingerprint density at radius 2 is 1.50 bits per heavy atom. The fourth-order valence-electron chi connectivity index (χ4n) is 1.14. The zero-order valence-corrected chi connectivity index (χ0v) is 12.3. The van der Waals surface area contributed by atoms with Gasteiger partial charge in [-0.15, -0.1) is 0 Å². The van der Waals surface area contributed by atoms with Crippen molar-refractivity contribution in [3.05, 3.63) is 18.3 Å². The highest BCUT2D eigenvalue weighted by Crippen LogP contribution is 2.14. The number of nitrogens with zero attached hydrogens (tertiary/aromatic N) is 1. The lowest BCUT2D eigenvalue weighted by Crippen LogP contribution is -2.15. The van der Waals surface area contributed by atoms with E-state index in [9.17, 15) is 9.59 Å². The zero-order valence-electron chi connectivity index (χ0n) is 12.3. The Labute approximate surface area is 127 Å². The number of carbonyl (C=O) groups excluding carboxylic acids is 2. The molecule has 122 valence electrons. The van der Waals surface area contributed by atoms with E-state index in [1.54, 1.807) is 0 Å². The molecule has 1 heterocycles. The van der Waals surface area contributed by atoms with Gasteiger partial charge in [-0.25, -0.2) is 14.6 Å². The van der Waals surface area contributed by atoms with Crippen molar-refractivity contribution in [1.29, 1.82) is 0 Å². The van der Waals surface area contributed by atoms with Gasteiger partial charge in [-0.1, -0.05) is 0 Å². The van der Waals surface area contributed by atoms with Crippen LogP contribution in [0, 0.1) is 0 Å². The second kappa shape index (κ2) is 10.4. The van der Waals surface area contributed by atoms with E-state index in [1.807, 2.05) is 0 Å². The van der Waals surface area contributed by atoms with E-state index in [4.69, 9.17) is 28.4 Å². The molecule has 0 amide bonds. The number of methoxy groups -OCH3 is 2. The van der Waals surface area contributed by atoms with E-state index < -0.39 is 12.3 Å². The minimum Gasteiger partial charge on any atom is -0.432 e. The molecule has 22 heavy (non-hydrogen) atoms. The Bertz CT molecular complexity index is 419. The van der Waals surface area contributed by atoms with E-state index in [0.717, 1.165) is 0 Å². The third-order valence-corrected chi connectivity index (χ3v) is 2.11. The van der Waals surface area contributed by atoms with Crippen LogP contribution in [0.3, 0.4) is 0 Å². The molecule has 0 N–H and O–H groups in total. The molecule has 0 radical (unpaired) electrons. The molecule has 0 aliphatic rings. The number of rotatable bonds is 8. The molecule has 0 aromatic carbocycles. The van der Waals surface area contributed by atoms with Crippen LogP contribution in [0.1, 0.15) is 0 Å². The van der Waals surface area contributed by atoms with Gasteiger partial charge in [0.05, 0.1) is 19.4 Å². The van der Waals surface area contributed by atoms with Gasteiger partial charge in [0.25, 0.3) is 0 Å². The molecule has 0 spiro atoms. The van der Waals surface area contributed by atoms with Gasteiger partial charge in [0.15, 0.2) is 5.75 Å². The molecule has 0 atom stereocenters. The van der Waals surface area contributed by atoms with Crippen LogP contribution < -0.4 is 9.47 Å². The lowest BCUT2D eigenvalue weighted by atomic mass is 10.4. The van der Waals surface area contributed by atoms with Gasteiger partial charge in [-0.2, -0.15) is 0 Å². The minimum absolute atomic E-state index is 0.00233. The molecule has 0 bridgehead atoms. The van der Waals surface area contributed by atoms with Crippen LogP contribution in [-0.2, 0) is 18.9 Å². The Balaban J connectivity index is 2.36. The van der Waals surface area contributed by atoms with Crippen molar-refractivity contribution in [2.45, 2.75) is 0 Å². The molecule has 0 fully saturated rings. The summed E-state index contributed by atoms with van der Waals surface area (Å²) in [5.74, 6) is 0.144. The summed E-state index contributed by atoms with van der Waals surface area (Å²) in [6.07, 6.45) is -0.585. The summed E-state index contributed by atoms with van der Waals surface area (Å²) >= 11 is 0. The predicted molar refractivity (Wildman–Crippen MR) is 71.9 cm³/mol. The Kier molecular flexibility index (Phi) is 8.31. The summed E-state index contributed by atoms with van der Waals surface area (Å²) in [5, 5.41) is 0. The molecule has 1 aromatic heterocycles. The second-order valence-corrected chi connectivity index (χ2v) is 3.72. The smallest absolute Gasteiger partial charge is 0.432 e. The number of aromatic nitrogens is 1. The van der Waals surface area contributed by atoms with Crippen LogP contribution in [0.5, 0.6) is 11.6 Å². The lowest BCUT2D eigenvalue weighted by molar-refractivity contribution is 0.0662. The molecule has 9 heteroatoms. The first-order chi connectivity index (χ1) is 10.7. The highest BCUT2D eigenvalue weighted by atomic mass is 16.7. The van der Waals surface area contributed by atoms with Gasteiger partial charge in [0, 0.05) is 20.3 Å². The Hall–Kier alpha value is -2.39. The summed E-state index contributed by atoms with van der Waals surface area (Å²) in [4.78, 5) is 26.3. The molecule has 1 aromatic rings. The van der Waals surface area contributed by atoms with Crippen molar-refractivity contribution < 1.29 is 38.0 Å². The molecule has 0 aliphatic heterocycles. The van der Waals surface area contributed by atoms with Crippen LogP contribution in [0.15, 0.2) is 18.3 Å². The Morgan fingerprint density at radius 3 is 2.00 bits per heavy atom. The highest BCUT2D eigenvalue weighted by Gasteiger charge is 2.09. The maximum absolute atomic E-state index is 11.3. The van der Waals surface area contributed by atoms with Crippen molar-refractivity contribution in [1.82, 2.24) is 4.98 Å². The first-order valence-corrected chi connectivity index (χ1v) is 6.29. The molecular formula is C13H17NO8. The normalized spacial score (nSPS) is 9.91. The molecule has 0 unspecified atom stereocenters. The fourth-order valence-corrected chi connectivity index (χ4v) is 1.14. The van der Waals surface area contributed by atoms with E-state index >= 15 is 0 Å². The quantitative estimate of drug-likeness (QED) is 0.520. The van der Waals surface area contributed by atoms with Gasteiger partial charge >= 0.3 is 12.3 Å². The topological polar surface area (TPSA) is 102 Å². The number of hydrogen-bond acceptors (Lipinski definition) is 9. The molecule has 9 nitrogen and oxygen atoms in total. The largest absolute Gasteiger partial charge is 0.515 e. The molecule has 0 aliphatic carbocycles. The first kappa shape index (κ1) is 17.7. The van der Waals surface area contributed by atoms with Crippen LogP contribution >= 0.6 is 0 Å². The average molecular weight is 315 g/mol. The van der Waals surface area contributed by atoms with Crippen molar-refractivity contribution in [2.24, 2.45) is 0 Å². The average Bonchev–Trinajstić information content (AvgIpc) is 2.50. The standard InChI is InChI=1S/C13H17NO8/c1-17-5-7-19-12(15)21-10-3-4-11(14-9-10)22-13(16)20-8-6-18-2/h3-4,9H,5-8H2,1-2H3.